The second kappa shape index (κ2) is 9.60. The molecule has 0 saturated carbocycles. The molecule has 0 aliphatic rings. The molecule has 2 amide bonds. The fraction of sp³-hybridized carbons (Fsp3) is 0.227. The topological polar surface area (TPSA) is 101 Å². The van der Waals surface area contributed by atoms with Gasteiger partial charge >= 0.3 is 5.97 Å². The molecule has 30 heavy (non-hydrogen) atoms. The summed E-state index contributed by atoms with van der Waals surface area (Å²) in [6.45, 7) is 4.66. The van der Waals surface area contributed by atoms with Crippen LogP contribution in [-0.4, -0.2) is 52.3 Å². The molecule has 2 aromatic carbocycles. The van der Waals surface area contributed by atoms with Gasteiger partial charge in [0.1, 0.15) is 0 Å². The van der Waals surface area contributed by atoms with Gasteiger partial charge in [0.2, 0.25) is 0 Å². The Balaban J connectivity index is 1.55. The number of rotatable bonds is 7. The Labute approximate surface area is 173 Å². The van der Waals surface area contributed by atoms with Crippen molar-refractivity contribution in [2.24, 2.45) is 0 Å². The molecule has 8 nitrogen and oxygen atoms in total. The van der Waals surface area contributed by atoms with Crippen molar-refractivity contribution in [3.05, 3.63) is 66.0 Å². The van der Waals surface area contributed by atoms with Crippen LogP contribution in [0, 0.1) is 0 Å². The van der Waals surface area contributed by atoms with Crippen molar-refractivity contribution in [2.45, 2.75) is 13.8 Å². The highest BCUT2D eigenvalue weighted by molar-refractivity contribution is 5.98. The molecular weight excluding hydrogens is 384 g/mol. The van der Waals surface area contributed by atoms with Gasteiger partial charge < -0.3 is 15.0 Å². The number of hydrogen-bond donors (Lipinski definition) is 1. The van der Waals surface area contributed by atoms with Crippen LogP contribution in [0.1, 0.15) is 34.6 Å². The number of anilines is 1. The number of amides is 2. The molecule has 0 spiro atoms. The predicted octanol–water partition coefficient (Wildman–Crippen LogP) is 2.91. The minimum Gasteiger partial charge on any atom is -0.452 e. The molecule has 0 atom stereocenters. The van der Waals surface area contributed by atoms with E-state index < -0.39 is 18.5 Å². The highest BCUT2D eigenvalue weighted by Crippen LogP contribution is 2.13. The number of ether oxygens (including phenoxy) is 1. The maximum Gasteiger partial charge on any atom is 0.338 e. The number of hydrogen-bond acceptors (Lipinski definition) is 6. The first-order valence-electron chi connectivity index (χ1n) is 9.59. The van der Waals surface area contributed by atoms with Crippen LogP contribution in [0.3, 0.4) is 0 Å². The Morgan fingerprint density at radius 2 is 1.53 bits per heavy atom. The lowest BCUT2D eigenvalue weighted by Crippen LogP contribution is -2.30. The van der Waals surface area contributed by atoms with Crippen LogP contribution in [0.5, 0.6) is 0 Å². The first-order valence-corrected chi connectivity index (χ1v) is 9.59. The smallest absolute Gasteiger partial charge is 0.338 e. The third-order valence-corrected chi connectivity index (χ3v) is 4.51. The average molecular weight is 406 g/mol. The number of carbonyl (C=O) groups excluding carboxylic acids is 3. The Morgan fingerprint density at radius 1 is 0.900 bits per heavy atom. The van der Waals surface area contributed by atoms with Gasteiger partial charge in [-0.05, 0) is 56.3 Å². The fourth-order valence-electron chi connectivity index (χ4n) is 2.89. The van der Waals surface area contributed by atoms with Gasteiger partial charge in [0.15, 0.2) is 6.61 Å². The zero-order valence-electron chi connectivity index (χ0n) is 16.8. The van der Waals surface area contributed by atoms with Gasteiger partial charge in [-0.1, -0.05) is 0 Å². The summed E-state index contributed by atoms with van der Waals surface area (Å²) in [6.07, 6.45) is 3.10. The molecular formula is C22H22N4O4. The number of carbonyl (C=O) groups is 3. The van der Waals surface area contributed by atoms with E-state index in [0.29, 0.717) is 35.4 Å². The minimum atomic E-state index is -0.627. The van der Waals surface area contributed by atoms with Crippen LogP contribution >= 0.6 is 0 Å². The summed E-state index contributed by atoms with van der Waals surface area (Å²) in [7, 11) is 0. The summed E-state index contributed by atoms with van der Waals surface area (Å²) in [5, 5.41) is 2.64. The third-order valence-electron chi connectivity index (χ3n) is 4.51. The first kappa shape index (κ1) is 20.9. The van der Waals surface area contributed by atoms with E-state index in [1.165, 1.54) is 6.20 Å². The van der Waals surface area contributed by atoms with Crippen molar-refractivity contribution in [3.63, 3.8) is 0 Å². The Hall–Kier alpha value is -3.81. The maximum atomic E-state index is 12.3. The van der Waals surface area contributed by atoms with E-state index in [0.717, 1.165) is 0 Å². The Morgan fingerprint density at radius 3 is 2.20 bits per heavy atom. The average Bonchev–Trinajstić information content (AvgIpc) is 2.78. The van der Waals surface area contributed by atoms with E-state index in [9.17, 15) is 14.4 Å². The van der Waals surface area contributed by atoms with E-state index in [1.807, 2.05) is 13.8 Å². The van der Waals surface area contributed by atoms with Gasteiger partial charge in [0.05, 0.1) is 16.6 Å². The maximum absolute atomic E-state index is 12.3. The predicted molar refractivity (Wildman–Crippen MR) is 112 cm³/mol. The van der Waals surface area contributed by atoms with E-state index in [4.69, 9.17) is 4.74 Å². The molecule has 1 N–H and O–H groups in total. The molecule has 3 rings (SSSR count). The van der Waals surface area contributed by atoms with Crippen molar-refractivity contribution < 1.29 is 19.1 Å². The minimum absolute atomic E-state index is 0.0631. The second-order valence-corrected chi connectivity index (χ2v) is 6.44. The molecule has 0 aliphatic carbocycles. The quantitative estimate of drug-likeness (QED) is 0.606. The molecule has 0 saturated heterocycles. The number of esters is 1. The number of nitrogens with zero attached hydrogens (tertiary/aromatic N) is 3. The fourth-order valence-corrected chi connectivity index (χ4v) is 2.89. The molecule has 0 fully saturated rings. The SMILES string of the molecule is CCN(CC)C(=O)c1ccc(NC(=O)COC(=O)c2ccc3nccnc3c2)cc1. The van der Waals surface area contributed by atoms with Crippen LogP contribution in [0.15, 0.2) is 54.9 Å². The lowest BCUT2D eigenvalue weighted by atomic mass is 10.1. The number of aromatic nitrogens is 2. The van der Waals surface area contributed by atoms with Crippen molar-refractivity contribution in [1.29, 1.82) is 0 Å². The number of fused-ring (bicyclic) bond motifs is 1. The van der Waals surface area contributed by atoms with Crippen molar-refractivity contribution in [1.82, 2.24) is 14.9 Å². The molecule has 8 heteroatoms. The summed E-state index contributed by atoms with van der Waals surface area (Å²) < 4.78 is 5.07. The zero-order chi connectivity index (χ0) is 21.5. The normalized spacial score (nSPS) is 10.5. The van der Waals surface area contributed by atoms with E-state index >= 15 is 0 Å². The summed E-state index contributed by atoms with van der Waals surface area (Å²) in [5.74, 6) is -1.17. The Bertz CT molecular complexity index is 1060. The molecule has 1 heterocycles. The summed E-state index contributed by atoms with van der Waals surface area (Å²) in [6, 6.07) is 11.4. The van der Waals surface area contributed by atoms with Crippen molar-refractivity contribution >= 4 is 34.5 Å². The first-order chi connectivity index (χ1) is 14.5. The second-order valence-electron chi connectivity index (χ2n) is 6.44. The van der Waals surface area contributed by atoms with E-state index in [2.05, 4.69) is 15.3 Å². The van der Waals surface area contributed by atoms with Crippen molar-refractivity contribution in [3.8, 4) is 0 Å². The molecule has 154 valence electrons. The van der Waals surface area contributed by atoms with Gasteiger partial charge in [-0.25, -0.2) is 4.79 Å². The summed E-state index contributed by atoms with van der Waals surface area (Å²) in [4.78, 5) is 46.6. The lowest BCUT2D eigenvalue weighted by Gasteiger charge is -2.18. The van der Waals surface area contributed by atoms with Gasteiger partial charge in [-0.15, -0.1) is 0 Å². The van der Waals surface area contributed by atoms with Gasteiger partial charge in [0.25, 0.3) is 11.8 Å². The van der Waals surface area contributed by atoms with Crippen LogP contribution in [0.25, 0.3) is 11.0 Å². The summed E-state index contributed by atoms with van der Waals surface area (Å²) in [5.41, 5.74) is 2.57. The standard InChI is InChI=1S/C22H22N4O4/c1-3-26(4-2)21(28)15-5-8-17(9-6-15)25-20(27)14-30-22(29)16-7-10-18-19(13-16)24-12-11-23-18/h5-13H,3-4,14H2,1-2H3,(H,25,27). The zero-order valence-corrected chi connectivity index (χ0v) is 16.8. The van der Waals surface area contributed by atoms with Gasteiger partial charge in [0, 0.05) is 36.7 Å². The molecule has 1 aromatic heterocycles. The van der Waals surface area contributed by atoms with Crippen LogP contribution in [0.2, 0.25) is 0 Å². The molecule has 3 aromatic rings. The van der Waals surface area contributed by atoms with Crippen molar-refractivity contribution in [2.75, 3.05) is 25.0 Å². The third kappa shape index (κ3) is 4.96. The summed E-state index contributed by atoms with van der Waals surface area (Å²) >= 11 is 0. The highest BCUT2D eigenvalue weighted by atomic mass is 16.5. The lowest BCUT2D eigenvalue weighted by molar-refractivity contribution is -0.119. The molecule has 0 radical (unpaired) electrons. The van der Waals surface area contributed by atoms with Gasteiger partial charge in [-0.3, -0.25) is 19.6 Å². The van der Waals surface area contributed by atoms with E-state index in [-0.39, 0.29) is 11.5 Å². The van der Waals surface area contributed by atoms with Crippen LogP contribution in [0.4, 0.5) is 5.69 Å². The largest absolute Gasteiger partial charge is 0.452 e. The monoisotopic (exact) mass is 406 g/mol. The number of benzene rings is 2. The molecule has 0 unspecified atom stereocenters. The van der Waals surface area contributed by atoms with Crippen LogP contribution in [-0.2, 0) is 9.53 Å². The highest BCUT2D eigenvalue weighted by Gasteiger charge is 2.14. The Kier molecular flexibility index (Phi) is 6.69. The van der Waals surface area contributed by atoms with E-state index in [1.54, 1.807) is 53.6 Å². The van der Waals surface area contributed by atoms with Gasteiger partial charge in [-0.2, -0.15) is 0 Å². The van der Waals surface area contributed by atoms with Crippen LogP contribution < -0.4 is 5.32 Å². The molecule has 0 bridgehead atoms. The molecule has 0 aliphatic heterocycles. The number of nitrogens with one attached hydrogen (secondary N) is 1.